The van der Waals surface area contributed by atoms with E-state index in [1.54, 1.807) is 28.9 Å². The van der Waals surface area contributed by atoms with Gasteiger partial charge >= 0.3 is 0 Å². The number of hydrogen-bond donors (Lipinski definition) is 1. The van der Waals surface area contributed by atoms with E-state index in [1.807, 2.05) is 40.6 Å². The van der Waals surface area contributed by atoms with Crippen LogP contribution in [0.3, 0.4) is 0 Å². The molecule has 5 nitrogen and oxygen atoms in total. The molecule has 0 saturated carbocycles. The molecule has 1 saturated heterocycles. The summed E-state index contributed by atoms with van der Waals surface area (Å²) in [5.74, 6) is 0.0314. The van der Waals surface area contributed by atoms with E-state index in [-0.39, 0.29) is 11.9 Å². The van der Waals surface area contributed by atoms with Crippen molar-refractivity contribution in [1.82, 2.24) is 20.1 Å². The van der Waals surface area contributed by atoms with Crippen molar-refractivity contribution in [3.8, 4) is 10.6 Å². The van der Waals surface area contributed by atoms with Crippen LogP contribution >= 0.6 is 22.7 Å². The second kappa shape index (κ2) is 6.34. The lowest BCUT2D eigenvalue weighted by atomic mass is 10.1. The van der Waals surface area contributed by atoms with Gasteiger partial charge in [0.2, 0.25) is 0 Å². The lowest BCUT2D eigenvalue weighted by molar-refractivity contribution is 0.0736. The summed E-state index contributed by atoms with van der Waals surface area (Å²) in [5.41, 5.74) is 2.45. The van der Waals surface area contributed by atoms with Crippen molar-refractivity contribution >= 4 is 38.8 Å². The molecule has 1 aromatic carbocycles. The van der Waals surface area contributed by atoms with E-state index >= 15 is 0 Å². The molecule has 1 fully saturated rings. The highest BCUT2D eigenvalue weighted by atomic mass is 32.1. The molecule has 1 N–H and O–H groups in total. The Balaban J connectivity index is 1.49. The van der Waals surface area contributed by atoms with E-state index < -0.39 is 0 Å². The van der Waals surface area contributed by atoms with Crippen LogP contribution in [-0.2, 0) is 0 Å². The number of nitrogens with one attached hydrogen (secondary N) is 1. The van der Waals surface area contributed by atoms with Crippen LogP contribution in [0.2, 0.25) is 0 Å². The lowest BCUT2D eigenvalue weighted by Gasteiger charge is -2.23. The van der Waals surface area contributed by atoms with Crippen LogP contribution in [0.15, 0.2) is 48.0 Å². The molecule has 5 rings (SSSR count). The monoisotopic (exact) mass is 380 g/mol. The number of thiophene rings is 1. The minimum Gasteiger partial charge on any atom is -0.329 e. The molecule has 0 unspecified atom stereocenters. The van der Waals surface area contributed by atoms with Gasteiger partial charge in [-0.15, -0.1) is 22.7 Å². The smallest absolute Gasteiger partial charge is 0.258 e. The summed E-state index contributed by atoms with van der Waals surface area (Å²) in [7, 11) is 0. The fourth-order valence-corrected chi connectivity index (χ4v) is 5.36. The van der Waals surface area contributed by atoms with E-state index in [2.05, 4.69) is 16.3 Å². The summed E-state index contributed by atoms with van der Waals surface area (Å²) in [6.07, 6.45) is 3.60. The van der Waals surface area contributed by atoms with Crippen molar-refractivity contribution in [3.63, 3.8) is 0 Å². The third kappa shape index (κ3) is 2.55. The number of aromatic nitrogens is 3. The van der Waals surface area contributed by atoms with Crippen LogP contribution in [0.1, 0.15) is 34.2 Å². The van der Waals surface area contributed by atoms with E-state index in [0.29, 0.717) is 5.56 Å². The summed E-state index contributed by atoms with van der Waals surface area (Å²) < 4.78 is 1.17. The minimum absolute atomic E-state index is 0.0314. The molecule has 26 heavy (non-hydrogen) atoms. The van der Waals surface area contributed by atoms with Crippen LogP contribution in [-0.4, -0.2) is 32.5 Å². The Labute approximate surface area is 158 Å². The van der Waals surface area contributed by atoms with Gasteiger partial charge in [-0.05, 0) is 36.4 Å². The molecule has 1 amide bonds. The molecule has 130 valence electrons. The van der Waals surface area contributed by atoms with Crippen molar-refractivity contribution < 1.29 is 4.79 Å². The molecule has 4 heterocycles. The molecule has 3 aromatic heterocycles. The highest BCUT2D eigenvalue weighted by Gasteiger charge is 2.34. The van der Waals surface area contributed by atoms with Gasteiger partial charge in [0.1, 0.15) is 5.01 Å². The molecular formula is C19H16N4OS2. The molecule has 0 bridgehead atoms. The van der Waals surface area contributed by atoms with Crippen LogP contribution in [0.5, 0.6) is 0 Å². The van der Waals surface area contributed by atoms with Gasteiger partial charge in [-0.3, -0.25) is 9.89 Å². The molecule has 4 aromatic rings. The maximum atomic E-state index is 13.3. The molecule has 7 heteroatoms. The van der Waals surface area contributed by atoms with Gasteiger partial charge < -0.3 is 4.90 Å². The summed E-state index contributed by atoms with van der Waals surface area (Å²) >= 11 is 3.29. The van der Waals surface area contributed by atoms with E-state index in [1.165, 1.54) is 4.70 Å². The number of likely N-dealkylation sites (tertiary alicyclic amines) is 1. The number of hydrogen-bond acceptors (Lipinski definition) is 5. The molecule has 1 aliphatic rings. The highest BCUT2D eigenvalue weighted by molar-refractivity contribution is 7.18. The summed E-state index contributed by atoms with van der Waals surface area (Å²) in [6, 6.07) is 12.2. The summed E-state index contributed by atoms with van der Waals surface area (Å²) in [5, 5.41) is 10.1. The van der Waals surface area contributed by atoms with Gasteiger partial charge in [0.15, 0.2) is 0 Å². The molecule has 1 aliphatic heterocycles. The van der Waals surface area contributed by atoms with Crippen molar-refractivity contribution in [1.29, 1.82) is 0 Å². The van der Waals surface area contributed by atoms with Crippen LogP contribution in [0.25, 0.3) is 20.8 Å². The predicted molar refractivity (Wildman–Crippen MR) is 105 cm³/mol. The lowest BCUT2D eigenvalue weighted by Crippen LogP contribution is -2.30. The fraction of sp³-hybridized carbons (Fsp3) is 0.211. The first-order valence-corrected chi connectivity index (χ1v) is 10.2. The molecular weight excluding hydrogens is 364 g/mol. The van der Waals surface area contributed by atoms with Gasteiger partial charge in [0.25, 0.3) is 5.91 Å². The van der Waals surface area contributed by atoms with Crippen molar-refractivity contribution in [2.24, 2.45) is 0 Å². The normalized spacial score (nSPS) is 17.2. The van der Waals surface area contributed by atoms with Gasteiger partial charge in [0.05, 0.1) is 38.6 Å². The second-order valence-electron chi connectivity index (χ2n) is 6.31. The minimum atomic E-state index is 0.0314. The Hall–Kier alpha value is -2.51. The predicted octanol–water partition coefficient (Wildman–Crippen LogP) is 4.73. The number of thiazole rings is 1. The van der Waals surface area contributed by atoms with Gasteiger partial charge in [-0.2, -0.15) is 5.10 Å². The number of amides is 1. The standard InChI is InChI=1S/C19H16N4OS2/c24-19(12-11-20-22-17(12)16-8-4-10-25-16)23-9-3-6-14(23)18-21-13-5-1-2-7-15(13)26-18/h1-2,4-5,7-8,10-11,14H,3,6,9H2,(H,20,22)/t14-/m0/s1. The number of para-hydroxylation sites is 1. The largest absolute Gasteiger partial charge is 0.329 e. The number of aromatic amines is 1. The van der Waals surface area contributed by atoms with Crippen LogP contribution < -0.4 is 0 Å². The maximum absolute atomic E-state index is 13.3. The average molecular weight is 380 g/mol. The van der Waals surface area contributed by atoms with Gasteiger partial charge in [-0.1, -0.05) is 18.2 Å². The Morgan fingerprint density at radius 2 is 2.15 bits per heavy atom. The number of carbonyl (C=O) groups excluding carboxylic acids is 1. The van der Waals surface area contributed by atoms with Crippen molar-refractivity contribution in [3.05, 3.63) is 58.5 Å². The van der Waals surface area contributed by atoms with E-state index in [9.17, 15) is 4.79 Å². The number of H-pyrrole nitrogens is 1. The number of carbonyl (C=O) groups is 1. The first-order valence-electron chi connectivity index (χ1n) is 8.55. The highest BCUT2D eigenvalue weighted by Crippen LogP contribution is 2.38. The number of nitrogens with zero attached hydrogens (tertiary/aromatic N) is 3. The third-order valence-electron chi connectivity index (χ3n) is 4.75. The number of fused-ring (bicyclic) bond motifs is 1. The Bertz CT molecular complexity index is 1030. The SMILES string of the molecule is O=C(c1cn[nH]c1-c1cccs1)N1CCC[C@H]1c1nc2ccccc2s1. The summed E-state index contributed by atoms with van der Waals surface area (Å²) in [4.78, 5) is 21.0. The second-order valence-corrected chi connectivity index (χ2v) is 8.32. The zero-order valence-corrected chi connectivity index (χ0v) is 15.5. The van der Waals surface area contributed by atoms with E-state index in [0.717, 1.165) is 40.5 Å². The van der Waals surface area contributed by atoms with Crippen molar-refractivity contribution in [2.45, 2.75) is 18.9 Å². The Kier molecular flexibility index (Phi) is 3.83. The topological polar surface area (TPSA) is 61.9 Å². The fourth-order valence-electron chi connectivity index (χ4n) is 3.51. The quantitative estimate of drug-likeness (QED) is 0.559. The van der Waals surface area contributed by atoms with Crippen molar-refractivity contribution in [2.75, 3.05) is 6.54 Å². The molecule has 0 spiro atoms. The molecule has 1 atom stereocenters. The first-order chi connectivity index (χ1) is 12.8. The molecule has 0 radical (unpaired) electrons. The summed E-state index contributed by atoms with van der Waals surface area (Å²) in [6.45, 7) is 0.758. The number of benzene rings is 1. The van der Waals surface area contributed by atoms with Crippen LogP contribution in [0, 0.1) is 0 Å². The third-order valence-corrected chi connectivity index (χ3v) is 6.77. The van der Waals surface area contributed by atoms with E-state index in [4.69, 9.17) is 4.98 Å². The Morgan fingerprint density at radius 3 is 3.00 bits per heavy atom. The zero-order chi connectivity index (χ0) is 17.5. The average Bonchev–Trinajstić information content (AvgIpc) is 3.47. The Morgan fingerprint density at radius 1 is 1.23 bits per heavy atom. The van der Waals surface area contributed by atoms with Gasteiger partial charge in [0, 0.05) is 6.54 Å². The zero-order valence-electron chi connectivity index (χ0n) is 13.9. The van der Waals surface area contributed by atoms with Crippen LogP contribution in [0.4, 0.5) is 0 Å². The number of rotatable bonds is 3. The maximum Gasteiger partial charge on any atom is 0.258 e. The first kappa shape index (κ1) is 15.7. The molecule has 0 aliphatic carbocycles. The van der Waals surface area contributed by atoms with Gasteiger partial charge in [-0.25, -0.2) is 4.98 Å².